The van der Waals surface area contributed by atoms with Crippen molar-refractivity contribution < 1.29 is 4.42 Å². The van der Waals surface area contributed by atoms with Crippen molar-refractivity contribution in [3.05, 3.63) is 74.6 Å². The second-order valence-corrected chi connectivity index (χ2v) is 5.98. The first-order valence-electron chi connectivity index (χ1n) is 7.49. The Balaban J connectivity index is 1.88. The molecule has 0 unspecified atom stereocenters. The molecule has 0 aliphatic rings. The zero-order valence-electron chi connectivity index (χ0n) is 13.1. The summed E-state index contributed by atoms with van der Waals surface area (Å²) in [5.74, 6) is 0. The van der Waals surface area contributed by atoms with Gasteiger partial charge in [-0.3, -0.25) is 0 Å². The summed E-state index contributed by atoms with van der Waals surface area (Å²) in [7, 11) is 0. The average molecular weight is 339 g/mol. The van der Waals surface area contributed by atoms with Gasteiger partial charge in [-0.2, -0.15) is 5.26 Å². The average Bonchev–Trinajstić information content (AvgIpc) is 2.56. The third-order valence-corrected chi connectivity index (χ3v) is 4.24. The molecular formula is C19H15ClN2O2. The number of anilines is 1. The first-order chi connectivity index (χ1) is 11.6. The fraction of sp³-hybridized carbons (Fsp3) is 0.158. The van der Waals surface area contributed by atoms with Crippen molar-refractivity contribution in [2.75, 3.05) is 5.32 Å². The number of halogens is 1. The Labute approximate surface area is 144 Å². The smallest absolute Gasteiger partial charge is 0.336 e. The molecule has 1 aromatic heterocycles. The quantitative estimate of drug-likeness (QED) is 0.714. The first-order valence-corrected chi connectivity index (χ1v) is 7.87. The fourth-order valence-electron chi connectivity index (χ4n) is 2.52. The lowest BCUT2D eigenvalue weighted by Gasteiger charge is -2.10. The molecule has 0 radical (unpaired) electrons. The van der Waals surface area contributed by atoms with Crippen molar-refractivity contribution in [3.63, 3.8) is 0 Å². The van der Waals surface area contributed by atoms with Gasteiger partial charge in [0.05, 0.1) is 12.5 Å². The van der Waals surface area contributed by atoms with Crippen LogP contribution in [-0.2, 0) is 13.0 Å². The van der Waals surface area contributed by atoms with Crippen LogP contribution in [0.3, 0.4) is 0 Å². The fourth-order valence-corrected chi connectivity index (χ4v) is 2.69. The lowest BCUT2D eigenvalue weighted by molar-refractivity contribution is 0.559. The predicted octanol–water partition coefficient (Wildman–Crippen LogP) is 4.43. The van der Waals surface area contributed by atoms with E-state index < -0.39 is 0 Å². The van der Waals surface area contributed by atoms with E-state index in [0.29, 0.717) is 23.6 Å². The lowest BCUT2D eigenvalue weighted by Crippen LogP contribution is -2.06. The van der Waals surface area contributed by atoms with E-state index in [9.17, 15) is 4.79 Å². The summed E-state index contributed by atoms with van der Waals surface area (Å²) in [6, 6.07) is 14.8. The summed E-state index contributed by atoms with van der Waals surface area (Å²) >= 11 is 6.20. The third-order valence-electron chi connectivity index (χ3n) is 3.83. The van der Waals surface area contributed by atoms with Gasteiger partial charge in [0.1, 0.15) is 5.58 Å². The van der Waals surface area contributed by atoms with Crippen LogP contribution in [0, 0.1) is 18.3 Å². The maximum Gasteiger partial charge on any atom is 0.336 e. The van der Waals surface area contributed by atoms with E-state index in [1.807, 2.05) is 37.3 Å². The van der Waals surface area contributed by atoms with Crippen molar-refractivity contribution in [1.29, 1.82) is 5.26 Å². The van der Waals surface area contributed by atoms with E-state index in [1.165, 1.54) is 6.07 Å². The van der Waals surface area contributed by atoms with Crippen molar-refractivity contribution in [3.8, 4) is 6.07 Å². The summed E-state index contributed by atoms with van der Waals surface area (Å²) in [5.41, 5.74) is 3.72. The number of benzene rings is 2. The van der Waals surface area contributed by atoms with E-state index in [-0.39, 0.29) is 5.63 Å². The molecule has 0 saturated heterocycles. The number of aryl methyl sites for hydroxylation is 1. The largest absolute Gasteiger partial charge is 0.423 e. The topological polar surface area (TPSA) is 66.0 Å². The molecular weight excluding hydrogens is 324 g/mol. The van der Waals surface area contributed by atoms with Gasteiger partial charge < -0.3 is 9.73 Å². The molecule has 0 amide bonds. The molecule has 1 heterocycles. The molecule has 2 aromatic carbocycles. The first kappa shape index (κ1) is 16.1. The van der Waals surface area contributed by atoms with Crippen molar-refractivity contribution in [2.45, 2.75) is 19.9 Å². The summed E-state index contributed by atoms with van der Waals surface area (Å²) in [5, 5.41) is 13.4. The monoisotopic (exact) mass is 338 g/mol. The summed E-state index contributed by atoms with van der Waals surface area (Å²) < 4.78 is 5.26. The molecule has 0 fully saturated rings. The van der Waals surface area contributed by atoms with Crippen LogP contribution in [-0.4, -0.2) is 0 Å². The normalized spacial score (nSPS) is 10.5. The molecule has 0 aliphatic carbocycles. The molecule has 0 saturated carbocycles. The molecule has 5 heteroatoms. The second kappa shape index (κ2) is 6.77. The van der Waals surface area contributed by atoms with Crippen molar-refractivity contribution >= 4 is 28.3 Å². The Bertz CT molecular complexity index is 985. The molecule has 0 spiro atoms. The second-order valence-electron chi connectivity index (χ2n) is 5.57. The molecule has 4 nitrogen and oxygen atoms in total. The van der Waals surface area contributed by atoms with Crippen LogP contribution in [0.4, 0.5) is 5.69 Å². The maximum absolute atomic E-state index is 11.8. The van der Waals surface area contributed by atoms with Crippen LogP contribution in [0.5, 0.6) is 0 Å². The van der Waals surface area contributed by atoms with Crippen LogP contribution < -0.4 is 10.9 Å². The van der Waals surface area contributed by atoms with Crippen molar-refractivity contribution in [2.24, 2.45) is 0 Å². The zero-order valence-corrected chi connectivity index (χ0v) is 13.9. The van der Waals surface area contributed by atoms with E-state index in [2.05, 4.69) is 11.4 Å². The van der Waals surface area contributed by atoms with Crippen LogP contribution in [0.2, 0.25) is 5.02 Å². The molecule has 0 bridgehead atoms. The number of nitriles is 1. The Morgan fingerprint density at radius 1 is 1.21 bits per heavy atom. The Morgan fingerprint density at radius 3 is 2.67 bits per heavy atom. The maximum atomic E-state index is 11.8. The highest BCUT2D eigenvalue weighted by molar-refractivity contribution is 6.32. The highest BCUT2D eigenvalue weighted by Crippen LogP contribution is 2.25. The summed E-state index contributed by atoms with van der Waals surface area (Å²) in [6.45, 7) is 2.34. The number of hydrogen-bond donors (Lipinski definition) is 1. The summed E-state index contributed by atoms with van der Waals surface area (Å²) in [4.78, 5) is 11.8. The van der Waals surface area contributed by atoms with Gasteiger partial charge in [-0.25, -0.2) is 4.79 Å². The van der Waals surface area contributed by atoms with Crippen LogP contribution >= 0.6 is 11.6 Å². The number of nitrogens with zero attached hydrogens (tertiary/aromatic N) is 1. The number of nitrogens with one attached hydrogen (secondary N) is 1. The molecule has 0 aliphatic heterocycles. The molecule has 0 atom stereocenters. The van der Waals surface area contributed by atoms with Crippen molar-refractivity contribution in [1.82, 2.24) is 0 Å². The van der Waals surface area contributed by atoms with Gasteiger partial charge in [0.15, 0.2) is 0 Å². The molecule has 120 valence electrons. The molecule has 3 aromatic rings. The van der Waals surface area contributed by atoms with Gasteiger partial charge in [-0.15, -0.1) is 0 Å². The van der Waals surface area contributed by atoms with Crippen LogP contribution in [0.1, 0.15) is 16.7 Å². The highest BCUT2D eigenvalue weighted by Gasteiger charge is 2.08. The van der Waals surface area contributed by atoms with E-state index >= 15 is 0 Å². The van der Waals surface area contributed by atoms with Gasteiger partial charge in [-0.1, -0.05) is 23.7 Å². The number of hydrogen-bond acceptors (Lipinski definition) is 4. The Kier molecular flexibility index (Phi) is 4.54. The van der Waals surface area contributed by atoms with E-state index in [4.69, 9.17) is 21.3 Å². The number of rotatable bonds is 4. The van der Waals surface area contributed by atoms with Gasteiger partial charge in [0.25, 0.3) is 0 Å². The minimum absolute atomic E-state index is 0.384. The van der Waals surface area contributed by atoms with E-state index in [0.717, 1.165) is 27.8 Å². The van der Waals surface area contributed by atoms with Gasteiger partial charge in [-0.05, 0) is 47.9 Å². The standard InChI is InChI=1S/C19H15ClN2O2/c1-12-8-18-16(10-17(12)20)14(9-19(23)24-18)11-22-15-4-2-13(3-5-15)6-7-21/h2-5,8-10,22H,6,11H2,1H3. The molecule has 24 heavy (non-hydrogen) atoms. The summed E-state index contributed by atoms with van der Waals surface area (Å²) in [6.07, 6.45) is 0.391. The van der Waals surface area contributed by atoms with Gasteiger partial charge in [0.2, 0.25) is 0 Å². The predicted molar refractivity (Wildman–Crippen MR) is 95.3 cm³/mol. The Hall–Kier alpha value is -2.77. The van der Waals surface area contributed by atoms with Gasteiger partial charge >= 0.3 is 5.63 Å². The number of fused-ring (bicyclic) bond motifs is 1. The molecule has 3 rings (SSSR count). The zero-order chi connectivity index (χ0) is 17.1. The highest BCUT2D eigenvalue weighted by atomic mass is 35.5. The Morgan fingerprint density at radius 2 is 1.96 bits per heavy atom. The van der Waals surface area contributed by atoms with Crippen LogP contribution in [0.25, 0.3) is 11.0 Å². The third kappa shape index (κ3) is 3.42. The van der Waals surface area contributed by atoms with Crippen LogP contribution in [0.15, 0.2) is 51.7 Å². The lowest BCUT2D eigenvalue weighted by atomic mass is 10.1. The SMILES string of the molecule is Cc1cc2oc(=O)cc(CNc3ccc(CC#N)cc3)c2cc1Cl. The minimum Gasteiger partial charge on any atom is -0.423 e. The molecule has 1 N–H and O–H groups in total. The van der Waals surface area contributed by atoms with E-state index in [1.54, 1.807) is 6.07 Å². The minimum atomic E-state index is -0.384. The van der Waals surface area contributed by atoms with Gasteiger partial charge in [0, 0.05) is 28.7 Å².